The third kappa shape index (κ3) is 10.6. The zero-order valence-corrected chi connectivity index (χ0v) is 36.2. The molecule has 1 fully saturated rings. The summed E-state index contributed by atoms with van der Waals surface area (Å²) in [6, 6.07) is 31.6. The largest absolute Gasteiger partial charge is 0.459 e. The lowest BCUT2D eigenvalue weighted by molar-refractivity contribution is -0.255. The summed E-state index contributed by atoms with van der Waals surface area (Å²) in [7, 11) is 0. The van der Waals surface area contributed by atoms with E-state index in [0.29, 0.717) is 54.3 Å². The molecule has 1 saturated carbocycles. The molecule has 4 aromatic carbocycles. The average molecular weight is 857 g/mol. The fourth-order valence-electron chi connectivity index (χ4n) is 9.68. The lowest BCUT2D eigenvalue weighted by Gasteiger charge is -2.59. The summed E-state index contributed by atoms with van der Waals surface area (Å²) < 4.78 is 27.0. The number of hydrogen-bond acceptors (Lipinski definition) is 10. The van der Waals surface area contributed by atoms with Gasteiger partial charge in [-0.1, -0.05) is 110 Å². The second-order valence-electron chi connectivity index (χ2n) is 16.6. The summed E-state index contributed by atoms with van der Waals surface area (Å²) in [5.74, 6) is -0.370. The maximum Gasteiger partial charge on any atom is 0.410 e. The summed E-state index contributed by atoms with van der Waals surface area (Å²) in [6.45, 7) is 7.09. The first-order valence-corrected chi connectivity index (χ1v) is 22.4. The summed E-state index contributed by atoms with van der Waals surface area (Å²) in [5, 5.41) is 24.9. The number of allylic oxidation sites excluding steroid dienone is 1. The summed E-state index contributed by atoms with van der Waals surface area (Å²) in [4.78, 5) is 34.3. The quantitative estimate of drug-likeness (QED) is 0.0343. The van der Waals surface area contributed by atoms with Gasteiger partial charge in [0.15, 0.2) is 0 Å². The highest BCUT2D eigenvalue weighted by molar-refractivity contribution is 6.03. The maximum atomic E-state index is 14.6. The summed E-state index contributed by atoms with van der Waals surface area (Å²) in [6.07, 6.45) is 9.75. The van der Waals surface area contributed by atoms with Crippen molar-refractivity contribution in [3.63, 3.8) is 0 Å². The number of rotatable bonds is 22. The van der Waals surface area contributed by atoms with E-state index in [1.54, 1.807) is 29.2 Å². The van der Waals surface area contributed by atoms with Crippen LogP contribution in [0.1, 0.15) is 91.3 Å². The van der Waals surface area contributed by atoms with Crippen molar-refractivity contribution in [3.05, 3.63) is 150 Å². The lowest BCUT2D eigenvalue weighted by Crippen LogP contribution is -2.70. The van der Waals surface area contributed by atoms with E-state index in [0.717, 1.165) is 54.2 Å². The molecule has 63 heavy (non-hydrogen) atoms. The van der Waals surface area contributed by atoms with Crippen LogP contribution in [-0.2, 0) is 27.5 Å². The van der Waals surface area contributed by atoms with Gasteiger partial charge in [-0.2, -0.15) is 0 Å². The molecule has 0 bridgehead atoms. The number of aliphatic hydroxyl groups excluding tert-OH is 2. The van der Waals surface area contributed by atoms with Crippen LogP contribution in [0, 0.1) is 17.8 Å². The van der Waals surface area contributed by atoms with E-state index >= 15 is 0 Å². The first kappa shape index (κ1) is 45.3. The topological polar surface area (TPSA) is 136 Å². The molecule has 0 saturated heterocycles. The minimum atomic E-state index is -1.43. The van der Waals surface area contributed by atoms with E-state index in [4.69, 9.17) is 28.9 Å². The molecule has 1 aliphatic heterocycles. The molecule has 6 atom stereocenters. The highest BCUT2D eigenvalue weighted by atomic mass is 16.7. The molecule has 0 radical (unpaired) electrons. The van der Waals surface area contributed by atoms with Crippen LogP contribution in [0.5, 0.6) is 17.2 Å². The molecular formula is C52H60N2O9. The third-order valence-electron chi connectivity index (χ3n) is 12.4. The van der Waals surface area contributed by atoms with Crippen LogP contribution in [-0.4, -0.2) is 71.4 Å². The summed E-state index contributed by atoms with van der Waals surface area (Å²) >= 11 is 0. The molecule has 2 aliphatic carbocycles. The van der Waals surface area contributed by atoms with E-state index in [-0.39, 0.29) is 57.2 Å². The van der Waals surface area contributed by atoms with Gasteiger partial charge in [-0.05, 0) is 91.0 Å². The van der Waals surface area contributed by atoms with Crippen LogP contribution in [0.15, 0.2) is 133 Å². The van der Waals surface area contributed by atoms with Crippen molar-refractivity contribution in [1.82, 2.24) is 4.90 Å². The number of ether oxygens (including phenoxy) is 4. The number of amides is 1. The zero-order valence-electron chi connectivity index (χ0n) is 36.2. The van der Waals surface area contributed by atoms with Gasteiger partial charge < -0.3 is 34.0 Å². The highest BCUT2D eigenvalue weighted by Gasteiger charge is 2.65. The van der Waals surface area contributed by atoms with Crippen molar-refractivity contribution in [2.45, 2.75) is 89.3 Å². The number of hydrogen-bond donors (Lipinski definition) is 2. The Hall–Kier alpha value is -5.75. The molecule has 2 N–H and O–H groups in total. The molecule has 1 heterocycles. The van der Waals surface area contributed by atoms with Crippen LogP contribution < -0.4 is 9.47 Å². The second-order valence-corrected chi connectivity index (χ2v) is 16.6. The number of unbranched alkanes of at least 4 members (excludes halogenated alkanes) is 2. The number of benzene rings is 4. The number of nitrogens with zero attached hydrogens (tertiary/aromatic N) is 2. The Morgan fingerprint density at radius 1 is 0.889 bits per heavy atom. The van der Waals surface area contributed by atoms with E-state index in [1.807, 2.05) is 91.9 Å². The van der Waals surface area contributed by atoms with Crippen molar-refractivity contribution in [1.29, 1.82) is 0 Å². The van der Waals surface area contributed by atoms with Gasteiger partial charge in [0.1, 0.15) is 42.8 Å². The van der Waals surface area contributed by atoms with Gasteiger partial charge >= 0.3 is 6.09 Å². The van der Waals surface area contributed by atoms with Crippen LogP contribution >= 0.6 is 0 Å². The van der Waals surface area contributed by atoms with Crippen molar-refractivity contribution in [2.75, 3.05) is 26.4 Å². The molecule has 7 rings (SSSR count). The Bertz CT molecular complexity index is 2190. The molecule has 6 unspecified atom stereocenters. The predicted octanol–water partition coefficient (Wildman–Crippen LogP) is 10.2. The van der Waals surface area contributed by atoms with Crippen LogP contribution in [0.25, 0.3) is 0 Å². The van der Waals surface area contributed by atoms with E-state index in [9.17, 15) is 19.8 Å². The van der Waals surface area contributed by atoms with Crippen LogP contribution in [0.2, 0.25) is 0 Å². The van der Waals surface area contributed by atoms with Gasteiger partial charge in [-0.3, -0.25) is 9.69 Å². The van der Waals surface area contributed by atoms with Crippen molar-refractivity contribution in [3.8, 4) is 17.2 Å². The van der Waals surface area contributed by atoms with Gasteiger partial charge in [0.25, 0.3) is 0 Å². The molecule has 11 nitrogen and oxygen atoms in total. The maximum absolute atomic E-state index is 14.6. The minimum absolute atomic E-state index is 0.0295. The van der Waals surface area contributed by atoms with Crippen LogP contribution in [0.4, 0.5) is 4.79 Å². The van der Waals surface area contributed by atoms with Gasteiger partial charge in [-0.25, -0.2) is 4.79 Å². The van der Waals surface area contributed by atoms with Gasteiger partial charge in [0, 0.05) is 43.2 Å². The molecule has 11 heteroatoms. The first-order chi connectivity index (χ1) is 30.9. The zero-order chi connectivity index (χ0) is 44.0. The van der Waals surface area contributed by atoms with Crippen molar-refractivity contribution in [2.24, 2.45) is 22.9 Å². The Morgan fingerprint density at radius 3 is 2.30 bits per heavy atom. The van der Waals surface area contributed by atoms with E-state index in [2.05, 4.69) is 12.7 Å². The normalized spacial score (nSPS) is 22.7. The number of aliphatic hydroxyl groups is 2. The number of fused-ring (bicyclic) bond motifs is 2. The fraction of sp³-hybridized carbons (Fsp3) is 0.404. The number of aldehydes is 1. The Balaban J connectivity index is 1.41. The number of carbonyl (C=O) groups is 2. The monoisotopic (exact) mass is 856 g/mol. The van der Waals surface area contributed by atoms with Crippen LogP contribution in [0.3, 0.4) is 0 Å². The molecular weight excluding hydrogens is 797 g/mol. The molecule has 3 aliphatic rings. The third-order valence-corrected chi connectivity index (χ3v) is 12.4. The lowest BCUT2D eigenvalue weighted by atomic mass is 9.55. The molecule has 4 aromatic rings. The molecule has 0 aromatic heterocycles. The van der Waals surface area contributed by atoms with E-state index in [1.165, 1.54) is 0 Å². The van der Waals surface area contributed by atoms with Gasteiger partial charge in [0.05, 0.1) is 18.2 Å². The smallest absolute Gasteiger partial charge is 0.410 e. The van der Waals surface area contributed by atoms with Crippen molar-refractivity contribution < 1.29 is 43.6 Å². The fourth-order valence-corrected chi connectivity index (χ4v) is 9.68. The van der Waals surface area contributed by atoms with Crippen molar-refractivity contribution >= 4 is 18.1 Å². The Kier molecular flexibility index (Phi) is 15.8. The molecule has 1 amide bonds. The Labute approximate surface area is 371 Å². The second kappa shape index (κ2) is 22.0. The number of oxime groups is 1. The van der Waals surface area contributed by atoms with Gasteiger partial charge in [0.2, 0.25) is 5.79 Å². The van der Waals surface area contributed by atoms with Gasteiger partial charge in [-0.15, -0.1) is 6.58 Å². The molecule has 0 spiro atoms. The summed E-state index contributed by atoms with van der Waals surface area (Å²) in [5.41, 5.74) is 4.90. The Morgan fingerprint density at radius 2 is 1.60 bits per heavy atom. The molecule has 332 valence electrons. The average Bonchev–Trinajstić information content (AvgIpc) is 3.31. The number of carbonyl (C=O) groups excluding carboxylic acids is 2. The first-order valence-electron chi connectivity index (χ1n) is 22.4. The predicted molar refractivity (Wildman–Crippen MR) is 242 cm³/mol. The SMILES string of the molecule is C=CCOC12Oc3ccc(Oc4cccc(C=O)c4)cc3C3C(CCCCO)C(CCCCO)C=C(C(=NOCc4ccccc4)CC1N(CCC)C(=O)OCc1ccccc1)C32. The van der Waals surface area contributed by atoms with E-state index < -0.39 is 23.8 Å². The minimum Gasteiger partial charge on any atom is -0.459 e. The standard InChI is InChI=1S/C52H60N2O9/c1-3-26-54(51(58)59-35-37-16-7-5-8-17-37)48-33-46(53-61-36-38-18-9-6-10-19-38)44-31-40(21-11-13-27-55)43(23-12-14-28-56)49-45-32-42(62-41-22-15-20-39(30-41)34-57)24-25-47(45)63-52(48,50(44)49)60-29-4-2/h4-10,15-20,22,24-25,30-32,34,40,43,48-50,55-56H,2-3,11-14,21,23,26-29,33,35-36H2,1H3. The highest BCUT2D eigenvalue weighted by Crippen LogP contribution is 2.62.